The predicted octanol–water partition coefficient (Wildman–Crippen LogP) is 6.04. The molecule has 0 aromatic carbocycles. The van der Waals surface area contributed by atoms with E-state index in [2.05, 4.69) is 0 Å². The number of alkyl halides is 3. The SMILES string of the molecule is FC(F)(F)CCCCCCCCCCCCOCC1CCCO1. The summed E-state index contributed by atoms with van der Waals surface area (Å²) in [7, 11) is 0. The molecule has 1 unspecified atom stereocenters. The molecule has 0 aromatic heterocycles. The van der Waals surface area contributed by atoms with Crippen LogP contribution in [0, 0.1) is 0 Å². The van der Waals surface area contributed by atoms with Gasteiger partial charge in [-0.1, -0.05) is 51.4 Å². The topological polar surface area (TPSA) is 18.5 Å². The highest BCUT2D eigenvalue weighted by Crippen LogP contribution is 2.23. The summed E-state index contributed by atoms with van der Waals surface area (Å²) in [6, 6.07) is 0. The van der Waals surface area contributed by atoms with Crippen molar-refractivity contribution in [2.24, 2.45) is 0 Å². The highest BCUT2D eigenvalue weighted by Gasteiger charge is 2.25. The molecule has 0 aliphatic carbocycles. The third kappa shape index (κ3) is 13.8. The van der Waals surface area contributed by atoms with Gasteiger partial charge in [0, 0.05) is 19.6 Å². The van der Waals surface area contributed by atoms with Crippen molar-refractivity contribution in [2.75, 3.05) is 19.8 Å². The summed E-state index contributed by atoms with van der Waals surface area (Å²) in [5, 5.41) is 0. The molecule has 0 aromatic rings. The first-order valence-electron chi connectivity index (χ1n) is 9.34. The normalized spacial score (nSPS) is 18.7. The van der Waals surface area contributed by atoms with Crippen molar-refractivity contribution < 1.29 is 22.6 Å². The Hall–Kier alpha value is -0.290. The molecule has 1 rings (SSSR count). The maximum atomic E-state index is 11.9. The first kappa shape index (κ1) is 20.8. The molecule has 1 aliphatic rings. The van der Waals surface area contributed by atoms with Crippen LogP contribution in [0.1, 0.15) is 83.5 Å². The smallest absolute Gasteiger partial charge is 0.379 e. The standard InChI is InChI=1S/C18H33F3O2/c19-18(20,21)13-9-7-5-3-1-2-4-6-8-10-14-22-16-17-12-11-15-23-17/h17H,1-16H2. The Kier molecular flexibility index (Phi) is 11.8. The third-order valence-corrected chi connectivity index (χ3v) is 4.33. The first-order valence-corrected chi connectivity index (χ1v) is 9.34. The molecule has 1 fully saturated rings. The zero-order chi connectivity index (χ0) is 16.8. The molecule has 1 aliphatic heterocycles. The lowest BCUT2D eigenvalue weighted by Crippen LogP contribution is -2.14. The first-order chi connectivity index (χ1) is 11.1. The molecule has 0 bridgehead atoms. The molecule has 138 valence electrons. The summed E-state index contributed by atoms with van der Waals surface area (Å²) < 4.78 is 46.9. The van der Waals surface area contributed by atoms with Crippen molar-refractivity contribution in [1.29, 1.82) is 0 Å². The van der Waals surface area contributed by atoms with Gasteiger partial charge in [-0.2, -0.15) is 13.2 Å². The molecule has 2 nitrogen and oxygen atoms in total. The molecule has 0 N–H and O–H groups in total. The van der Waals surface area contributed by atoms with E-state index < -0.39 is 12.6 Å². The molecule has 0 amide bonds. The van der Waals surface area contributed by atoms with E-state index in [0.717, 1.165) is 58.3 Å². The van der Waals surface area contributed by atoms with E-state index in [0.29, 0.717) is 12.5 Å². The van der Waals surface area contributed by atoms with Gasteiger partial charge in [-0.3, -0.25) is 0 Å². The van der Waals surface area contributed by atoms with Crippen LogP contribution in [0.4, 0.5) is 13.2 Å². The van der Waals surface area contributed by atoms with Crippen LogP contribution < -0.4 is 0 Å². The minimum atomic E-state index is -3.98. The van der Waals surface area contributed by atoms with Crippen molar-refractivity contribution >= 4 is 0 Å². The maximum Gasteiger partial charge on any atom is 0.389 e. The highest BCUT2D eigenvalue weighted by atomic mass is 19.4. The van der Waals surface area contributed by atoms with Crippen molar-refractivity contribution in [3.8, 4) is 0 Å². The van der Waals surface area contributed by atoms with E-state index in [9.17, 15) is 13.2 Å². The van der Waals surface area contributed by atoms with Gasteiger partial charge in [0.1, 0.15) is 0 Å². The van der Waals surface area contributed by atoms with Crippen LogP contribution >= 0.6 is 0 Å². The van der Waals surface area contributed by atoms with Crippen molar-refractivity contribution in [1.82, 2.24) is 0 Å². The van der Waals surface area contributed by atoms with E-state index in [1.165, 1.54) is 25.7 Å². The van der Waals surface area contributed by atoms with Gasteiger partial charge in [-0.05, 0) is 25.7 Å². The number of ether oxygens (including phenoxy) is 2. The molecular weight excluding hydrogens is 305 g/mol. The van der Waals surface area contributed by atoms with Crippen LogP contribution in [-0.2, 0) is 9.47 Å². The predicted molar refractivity (Wildman–Crippen MR) is 86.6 cm³/mol. The molecular formula is C18H33F3O2. The van der Waals surface area contributed by atoms with Crippen LogP contribution in [0.15, 0.2) is 0 Å². The quantitative estimate of drug-likeness (QED) is 0.360. The lowest BCUT2D eigenvalue weighted by atomic mass is 10.1. The summed E-state index contributed by atoms with van der Waals surface area (Å²) in [5.74, 6) is 0. The van der Waals surface area contributed by atoms with Gasteiger partial charge in [0.15, 0.2) is 0 Å². The molecule has 1 heterocycles. The summed E-state index contributed by atoms with van der Waals surface area (Å²) in [6.45, 7) is 2.46. The average molecular weight is 338 g/mol. The Morgan fingerprint density at radius 1 is 0.826 bits per heavy atom. The van der Waals surface area contributed by atoms with Gasteiger partial charge < -0.3 is 9.47 Å². The van der Waals surface area contributed by atoms with Crippen LogP contribution in [0.25, 0.3) is 0 Å². The number of unbranched alkanes of at least 4 members (excludes halogenated alkanes) is 9. The number of hydrogen-bond acceptors (Lipinski definition) is 2. The zero-order valence-electron chi connectivity index (χ0n) is 14.3. The van der Waals surface area contributed by atoms with Gasteiger partial charge in [-0.15, -0.1) is 0 Å². The fourth-order valence-electron chi connectivity index (χ4n) is 2.93. The lowest BCUT2D eigenvalue weighted by Gasteiger charge is -2.09. The minimum absolute atomic E-state index is 0.287. The van der Waals surface area contributed by atoms with Crippen LogP contribution in [0.5, 0.6) is 0 Å². The second-order valence-corrected chi connectivity index (χ2v) is 6.61. The summed E-state index contributed by atoms with van der Waals surface area (Å²) >= 11 is 0. The molecule has 0 radical (unpaired) electrons. The molecule has 0 spiro atoms. The Bertz CT molecular complexity index is 263. The van der Waals surface area contributed by atoms with Crippen LogP contribution in [0.3, 0.4) is 0 Å². The fourth-order valence-corrected chi connectivity index (χ4v) is 2.93. The van der Waals surface area contributed by atoms with Crippen molar-refractivity contribution in [3.63, 3.8) is 0 Å². The van der Waals surface area contributed by atoms with Crippen molar-refractivity contribution in [3.05, 3.63) is 0 Å². The Labute approximate surface area is 139 Å². The summed E-state index contributed by atoms with van der Waals surface area (Å²) in [4.78, 5) is 0. The van der Waals surface area contributed by atoms with Gasteiger partial charge in [-0.25, -0.2) is 0 Å². The van der Waals surface area contributed by atoms with Gasteiger partial charge in [0.05, 0.1) is 12.7 Å². The van der Waals surface area contributed by atoms with Crippen LogP contribution in [-0.4, -0.2) is 32.1 Å². The van der Waals surface area contributed by atoms with E-state index in [1.54, 1.807) is 0 Å². The minimum Gasteiger partial charge on any atom is -0.379 e. The van der Waals surface area contributed by atoms with E-state index in [4.69, 9.17) is 9.47 Å². The third-order valence-electron chi connectivity index (χ3n) is 4.33. The monoisotopic (exact) mass is 338 g/mol. The second-order valence-electron chi connectivity index (χ2n) is 6.61. The van der Waals surface area contributed by atoms with Gasteiger partial charge in [0.25, 0.3) is 0 Å². The molecule has 1 saturated heterocycles. The Balaban J connectivity index is 1.68. The maximum absolute atomic E-state index is 11.9. The molecule has 23 heavy (non-hydrogen) atoms. The molecule has 1 atom stereocenters. The zero-order valence-corrected chi connectivity index (χ0v) is 14.3. The highest BCUT2D eigenvalue weighted by molar-refractivity contribution is 4.63. The van der Waals surface area contributed by atoms with E-state index in [1.807, 2.05) is 0 Å². The van der Waals surface area contributed by atoms with Crippen LogP contribution in [0.2, 0.25) is 0 Å². The van der Waals surface area contributed by atoms with E-state index >= 15 is 0 Å². The average Bonchev–Trinajstić information content (AvgIpc) is 3.00. The van der Waals surface area contributed by atoms with E-state index in [-0.39, 0.29) is 6.42 Å². The van der Waals surface area contributed by atoms with Gasteiger partial charge >= 0.3 is 6.18 Å². The number of halogens is 3. The number of rotatable bonds is 14. The largest absolute Gasteiger partial charge is 0.389 e. The fraction of sp³-hybridized carbons (Fsp3) is 1.00. The lowest BCUT2D eigenvalue weighted by molar-refractivity contribution is -0.135. The van der Waals surface area contributed by atoms with Crippen molar-refractivity contribution in [2.45, 2.75) is 95.8 Å². The molecule has 0 saturated carbocycles. The van der Waals surface area contributed by atoms with Gasteiger partial charge in [0.2, 0.25) is 0 Å². The summed E-state index contributed by atoms with van der Waals surface area (Å²) in [6.07, 6.45) is 8.17. The summed E-state index contributed by atoms with van der Waals surface area (Å²) in [5.41, 5.74) is 0. The Morgan fingerprint density at radius 3 is 1.91 bits per heavy atom. The second kappa shape index (κ2) is 13.1. The Morgan fingerprint density at radius 2 is 1.39 bits per heavy atom. The number of hydrogen-bond donors (Lipinski definition) is 0. The molecule has 5 heteroatoms.